The van der Waals surface area contributed by atoms with Gasteiger partial charge in [0.25, 0.3) is 0 Å². The van der Waals surface area contributed by atoms with Crippen molar-refractivity contribution in [2.24, 2.45) is 5.41 Å². The van der Waals surface area contributed by atoms with E-state index in [9.17, 15) is 9.59 Å². The Morgan fingerprint density at radius 2 is 1.61 bits per heavy atom. The standard InChI is InChI=1S/C40H57O10P/c1-26-16-30-14-15-39(4,5)40(43-6)37(41)13-12-31(49-40)22-36(28(3)45-25-44-24-29-10-8-7-9-11-29)48-38(42)23-35(50-51)21-34-19-27(2)18-33(47-34)20-32(17-26)46-30/h7-11,14-15,28,30-36H,1-2,12-13,16-25,51H2,3-6H3/b15-14+/t28-,30+,31+,32+,33-,34+,35-,36-,40-/m1/s1. The number of Topliss-reactive ketones (excluding diaryl/α,β-unsaturated/α-hetero) is 1. The summed E-state index contributed by atoms with van der Waals surface area (Å²) < 4.78 is 49.5. The van der Waals surface area contributed by atoms with E-state index in [4.69, 9.17) is 37.7 Å². The number of hydrogen-bond donors (Lipinski definition) is 0. The van der Waals surface area contributed by atoms with Gasteiger partial charge in [0.15, 0.2) is 5.78 Å². The first-order valence-corrected chi connectivity index (χ1v) is 18.7. The van der Waals surface area contributed by atoms with Crippen LogP contribution < -0.4 is 0 Å². The molecule has 0 spiro atoms. The number of hydrogen-bond acceptors (Lipinski definition) is 10. The largest absolute Gasteiger partial charge is 0.459 e. The Balaban J connectivity index is 1.39. The van der Waals surface area contributed by atoms with Crippen LogP contribution in [0.3, 0.4) is 0 Å². The molecule has 4 heterocycles. The number of ether oxygens (including phenoxy) is 7. The molecule has 3 fully saturated rings. The fourth-order valence-electron chi connectivity index (χ4n) is 7.80. The van der Waals surface area contributed by atoms with Gasteiger partial charge in [0, 0.05) is 47.7 Å². The van der Waals surface area contributed by atoms with Crippen LogP contribution in [0.4, 0.5) is 0 Å². The number of ketones is 1. The molecule has 1 unspecified atom stereocenters. The van der Waals surface area contributed by atoms with E-state index in [0.717, 1.165) is 29.6 Å². The van der Waals surface area contributed by atoms with E-state index < -0.39 is 41.6 Å². The van der Waals surface area contributed by atoms with Crippen molar-refractivity contribution in [3.63, 3.8) is 0 Å². The highest BCUT2D eigenvalue weighted by Gasteiger charge is 2.55. The van der Waals surface area contributed by atoms with Crippen LogP contribution in [0.25, 0.3) is 0 Å². The third-order valence-electron chi connectivity index (χ3n) is 10.5. The summed E-state index contributed by atoms with van der Waals surface area (Å²) in [5.41, 5.74) is 2.38. The van der Waals surface area contributed by atoms with Gasteiger partial charge in [-0.1, -0.05) is 80.6 Å². The number of methoxy groups -OCH3 is 1. The zero-order valence-corrected chi connectivity index (χ0v) is 31.9. The minimum Gasteiger partial charge on any atom is -0.459 e. The summed E-state index contributed by atoms with van der Waals surface area (Å²) in [5, 5.41) is 0. The highest BCUT2D eigenvalue weighted by atomic mass is 31.0. The maximum atomic E-state index is 13.7. The van der Waals surface area contributed by atoms with Gasteiger partial charge < -0.3 is 37.7 Å². The first kappa shape index (κ1) is 39.9. The van der Waals surface area contributed by atoms with Gasteiger partial charge in [-0.25, -0.2) is 0 Å². The van der Waals surface area contributed by atoms with Crippen LogP contribution in [0.2, 0.25) is 0 Å². The van der Waals surface area contributed by atoms with E-state index in [1.54, 1.807) is 0 Å². The summed E-state index contributed by atoms with van der Waals surface area (Å²) in [6.45, 7) is 14.7. The van der Waals surface area contributed by atoms with Crippen LogP contribution in [-0.2, 0) is 53.9 Å². The molecule has 0 radical (unpaired) electrons. The molecule has 4 aliphatic heterocycles. The molecule has 282 valence electrons. The maximum absolute atomic E-state index is 13.7. The monoisotopic (exact) mass is 728 g/mol. The van der Waals surface area contributed by atoms with Crippen molar-refractivity contribution in [1.82, 2.24) is 0 Å². The number of cyclic esters (lactones) is 1. The molecule has 0 aromatic heterocycles. The minimum atomic E-state index is -1.56. The molecule has 4 aliphatic rings. The van der Waals surface area contributed by atoms with E-state index in [1.807, 2.05) is 63.3 Å². The van der Waals surface area contributed by atoms with E-state index in [-0.39, 0.29) is 56.3 Å². The molecule has 6 bridgehead atoms. The van der Waals surface area contributed by atoms with Crippen molar-refractivity contribution in [1.29, 1.82) is 0 Å². The van der Waals surface area contributed by atoms with Crippen molar-refractivity contribution >= 4 is 21.2 Å². The Labute approximate surface area is 305 Å². The quantitative estimate of drug-likeness (QED) is 0.0904. The number of esters is 1. The summed E-state index contributed by atoms with van der Waals surface area (Å²) in [6, 6.07) is 9.82. The molecule has 0 N–H and O–H groups in total. The zero-order valence-electron chi connectivity index (χ0n) is 30.7. The molecule has 51 heavy (non-hydrogen) atoms. The summed E-state index contributed by atoms with van der Waals surface area (Å²) >= 11 is 0. The van der Waals surface area contributed by atoms with Crippen LogP contribution in [0.5, 0.6) is 0 Å². The van der Waals surface area contributed by atoms with Gasteiger partial charge in [0.05, 0.1) is 55.8 Å². The number of carbonyl (C=O) groups is 2. The highest BCUT2D eigenvalue weighted by Crippen LogP contribution is 2.44. The maximum Gasteiger partial charge on any atom is 0.308 e. The number of benzene rings is 1. The average molecular weight is 729 g/mol. The number of rotatable bonds is 8. The van der Waals surface area contributed by atoms with E-state index >= 15 is 0 Å². The second kappa shape index (κ2) is 18.2. The summed E-state index contributed by atoms with van der Waals surface area (Å²) in [6.07, 6.45) is 6.38. The average Bonchev–Trinajstić information content (AvgIpc) is 3.09. The fraction of sp³-hybridized carbons (Fsp3) is 0.650. The summed E-state index contributed by atoms with van der Waals surface area (Å²) in [5.74, 6) is -2.12. The third-order valence-corrected chi connectivity index (χ3v) is 10.9. The van der Waals surface area contributed by atoms with E-state index in [1.165, 1.54) is 7.11 Å². The number of fused-ring (bicyclic) bond motifs is 6. The molecule has 11 heteroatoms. The van der Waals surface area contributed by atoms with Crippen LogP contribution >= 0.6 is 9.47 Å². The topological polar surface area (TPSA) is 108 Å². The first-order chi connectivity index (χ1) is 24.4. The van der Waals surface area contributed by atoms with E-state index in [0.29, 0.717) is 38.7 Å². The predicted molar refractivity (Wildman–Crippen MR) is 195 cm³/mol. The second-order valence-corrected chi connectivity index (χ2v) is 15.4. The van der Waals surface area contributed by atoms with Gasteiger partial charge in [-0.2, -0.15) is 0 Å². The van der Waals surface area contributed by atoms with Crippen molar-refractivity contribution in [2.75, 3.05) is 13.9 Å². The van der Waals surface area contributed by atoms with Crippen LogP contribution in [0.1, 0.15) is 90.5 Å². The lowest BCUT2D eigenvalue weighted by atomic mass is 9.76. The summed E-state index contributed by atoms with van der Waals surface area (Å²) in [7, 11) is 3.80. The van der Waals surface area contributed by atoms with Gasteiger partial charge in [0.1, 0.15) is 12.9 Å². The Morgan fingerprint density at radius 3 is 2.31 bits per heavy atom. The van der Waals surface area contributed by atoms with Gasteiger partial charge in [-0.3, -0.25) is 9.59 Å². The Bertz CT molecular complexity index is 1380. The Hall–Kier alpha value is -2.27. The van der Waals surface area contributed by atoms with Crippen LogP contribution in [-0.4, -0.2) is 80.3 Å². The molecule has 10 nitrogen and oxygen atoms in total. The molecule has 3 saturated heterocycles. The van der Waals surface area contributed by atoms with E-state index in [2.05, 4.69) is 22.6 Å². The zero-order chi connectivity index (χ0) is 36.6. The molecule has 10 atom stereocenters. The fourth-order valence-corrected chi connectivity index (χ4v) is 8.01. The smallest absolute Gasteiger partial charge is 0.308 e. The van der Waals surface area contributed by atoms with Crippen LogP contribution in [0, 0.1) is 5.41 Å². The molecule has 1 aromatic carbocycles. The minimum absolute atomic E-state index is 0.00583. The first-order valence-electron chi connectivity index (χ1n) is 18.3. The molecular weight excluding hydrogens is 671 g/mol. The SMILES string of the molecule is C=C1C[C@@H]2C[C@@H]3CC(=C)C[C@H](/C=C/C(C)(C)[C@]4(OC)O[C@@H](CCC4=O)C[C@H]([C@@H](C)OCOCc4ccccc4)OC(=O)C[C@H](OP)C[C@H](C1)O2)O3. The lowest BCUT2D eigenvalue weighted by Crippen LogP contribution is -2.59. The normalized spacial score (nSPS) is 35.0. The van der Waals surface area contributed by atoms with Crippen molar-refractivity contribution in [3.05, 3.63) is 72.4 Å². The summed E-state index contributed by atoms with van der Waals surface area (Å²) in [4.78, 5) is 27.3. The van der Waals surface area contributed by atoms with Crippen molar-refractivity contribution < 1.29 is 47.3 Å². The van der Waals surface area contributed by atoms with Crippen molar-refractivity contribution in [3.8, 4) is 0 Å². The number of carbonyl (C=O) groups excluding carboxylic acids is 2. The molecular formula is C40H57O10P. The molecule has 1 aromatic rings. The third kappa shape index (κ3) is 10.7. The van der Waals surface area contributed by atoms with Crippen LogP contribution in [0.15, 0.2) is 66.8 Å². The highest BCUT2D eigenvalue weighted by molar-refractivity contribution is 7.09. The Morgan fingerprint density at radius 1 is 0.922 bits per heavy atom. The lowest BCUT2D eigenvalue weighted by molar-refractivity contribution is -0.286. The predicted octanol–water partition coefficient (Wildman–Crippen LogP) is 7.11. The van der Waals surface area contributed by atoms with Gasteiger partial charge in [-0.05, 0) is 44.6 Å². The molecule has 0 aliphatic carbocycles. The van der Waals surface area contributed by atoms with Gasteiger partial charge >= 0.3 is 5.97 Å². The molecule has 0 saturated carbocycles. The van der Waals surface area contributed by atoms with Gasteiger partial charge in [0.2, 0.25) is 5.79 Å². The molecule has 0 amide bonds. The molecule has 5 rings (SSSR count). The Kier molecular flexibility index (Phi) is 14.2. The van der Waals surface area contributed by atoms with Gasteiger partial charge in [-0.15, -0.1) is 0 Å². The van der Waals surface area contributed by atoms with Crippen molar-refractivity contribution in [2.45, 2.75) is 146 Å². The lowest BCUT2D eigenvalue weighted by Gasteiger charge is -2.47. The second-order valence-electron chi connectivity index (χ2n) is 15.1.